The van der Waals surface area contributed by atoms with E-state index >= 15 is 0 Å². The van der Waals surface area contributed by atoms with Gasteiger partial charge in [0, 0.05) is 23.3 Å². The van der Waals surface area contributed by atoms with Gasteiger partial charge < -0.3 is 5.73 Å². The minimum absolute atomic E-state index is 0.0388. The van der Waals surface area contributed by atoms with Crippen molar-refractivity contribution < 1.29 is 21.2 Å². The van der Waals surface area contributed by atoms with Gasteiger partial charge in [0.2, 0.25) is 16.0 Å². The predicted octanol–water partition coefficient (Wildman–Crippen LogP) is 2.08. The summed E-state index contributed by atoms with van der Waals surface area (Å²) < 4.78 is 67.5. The molecule has 1 aliphatic rings. The zero-order valence-corrected chi connectivity index (χ0v) is 17.8. The van der Waals surface area contributed by atoms with E-state index in [-0.39, 0.29) is 22.1 Å². The molecule has 0 radical (unpaired) electrons. The molecule has 0 spiro atoms. The van der Waals surface area contributed by atoms with Crippen molar-refractivity contribution in [3.8, 4) is 0 Å². The van der Waals surface area contributed by atoms with Gasteiger partial charge in [-0.25, -0.2) is 30.5 Å². The van der Waals surface area contributed by atoms with E-state index in [9.17, 15) is 21.2 Å². The van der Waals surface area contributed by atoms with Crippen LogP contribution >= 0.6 is 11.6 Å². The maximum absolute atomic E-state index is 14.6. The molecule has 156 valence electrons. The van der Waals surface area contributed by atoms with Crippen LogP contribution < -0.4 is 10.5 Å². The molecule has 0 bridgehead atoms. The average Bonchev–Trinajstić information content (AvgIpc) is 2.61. The van der Waals surface area contributed by atoms with E-state index in [2.05, 4.69) is 9.71 Å². The standard InChI is InChI=1S/C17H18ClFN4O4S2/c1-17(10-28(24,25)23(2)16(20)21-17)14-9-12(5-8-15(14)19)22-29(26,27)13-6-3-11(18)4-7-13/h3-9,22H,10H2,1-2H3,(H2,20,21)/t17-/m0/s1. The Morgan fingerprint density at radius 2 is 1.86 bits per heavy atom. The second-order valence-electron chi connectivity index (χ2n) is 6.72. The van der Waals surface area contributed by atoms with Crippen LogP contribution in [0.25, 0.3) is 0 Å². The van der Waals surface area contributed by atoms with Crippen molar-refractivity contribution >= 4 is 43.3 Å². The van der Waals surface area contributed by atoms with Crippen molar-refractivity contribution in [2.24, 2.45) is 10.7 Å². The van der Waals surface area contributed by atoms with E-state index in [1.807, 2.05) is 0 Å². The Bertz CT molecular complexity index is 1200. The molecule has 3 N–H and O–H groups in total. The first-order valence-corrected chi connectivity index (χ1v) is 11.7. The molecule has 29 heavy (non-hydrogen) atoms. The molecule has 2 aromatic rings. The molecule has 2 aromatic carbocycles. The summed E-state index contributed by atoms with van der Waals surface area (Å²) in [4.78, 5) is 4.10. The molecule has 0 aromatic heterocycles. The van der Waals surface area contributed by atoms with Gasteiger partial charge >= 0.3 is 0 Å². The summed E-state index contributed by atoms with van der Waals surface area (Å²) in [6.07, 6.45) is 0. The van der Waals surface area contributed by atoms with Crippen LogP contribution in [0.1, 0.15) is 12.5 Å². The molecule has 0 saturated heterocycles. The first-order valence-electron chi connectivity index (χ1n) is 8.24. The Hall–Kier alpha value is -2.37. The topological polar surface area (TPSA) is 122 Å². The smallest absolute Gasteiger partial charge is 0.261 e. The lowest BCUT2D eigenvalue weighted by atomic mass is 9.93. The first-order chi connectivity index (χ1) is 13.3. The Morgan fingerprint density at radius 1 is 1.24 bits per heavy atom. The van der Waals surface area contributed by atoms with E-state index in [4.69, 9.17) is 17.3 Å². The lowest BCUT2D eigenvalue weighted by molar-refractivity contribution is 0.458. The number of nitrogens with zero attached hydrogens (tertiary/aromatic N) is 2. The summed E-state index contributed by atoms with van der Waals surface area (Å²) in [7, 11) is -6.54. The fraction of sp³-hybridized carbons (Fsp3) is 0.235. The molecule has 1 aliphatic heterocycles. The van der Waals surface area contributed by atoms with Crippen molar-refractivity contribution in [3.63, 3.8) is 0 Å². The number of rotatable bonds is 4. The highest BCUT2D eigenvalue weighted by Crippen LogP contribution is 2.35. The van der Waals surface area contributed by atoms with E-state index < -0.39 is 37.2 Å². The third-order valence-corrected chi connectivity index (χ3v) is 8.09. The molecule has 12 heteroatoms. The van der Waals surface area contributed by atoms with Gasteiger partial charge in [0.25, 0.3) is 10.0 Å². The summed E-state index contributed by atoms with van der Waals surface area (Å²) in [5.41, 5.74) is 4.11. The third kappa shape index (κ3) is 4.16. The molecular formula is C17H18ClFN4O4S2. The largest absolute Gasteiger partial charge is 0.369 e. The van der Waals surface area contributed by atoms with Gasteiger partial charge in [0.1, 0.15) is 11.4 Å². The number of sulfonamides is 2. The molecule has 0 fully saturated rings. The van der Waals surface area contributed by atoms with Crippen molar-refractivity contribution in [1.82, 2.24) is 4.31 Å². The highest BCUT2D eigenvalue weighted by molar-refractivity contribution is 7.92. The van der Waals surface area contributed by atoms with Crippen molar-refractivity contribution in [1.29, 1.82) is 0 Å². The second kappa shape index (κ2) is 7.15. The minimum Gasteiger partial charge on any atom is -0.369 e. The molecule has 1 atom stereocenters. The fourth-order valence-corrected chi connectivity index (χ4v) is 5.54. The molecule has 1 heterocycles. The molecule has 0 saturated carbocycles. The van der Waals surface area contributed by atoms with Crippen LogP contribution in [0.15, 0.2) is 52.4 Å². The lowest BCUT2D eigenvalue weighted by Gasteiger charge is -2.34. The number of nitrogens with one attached hydrogen (secondary N) is 1. The number of aliphatic imine (C=N–C) groups is 1. The van der Waals surface area contributed by atoms with Gasteiger partial charge in [0.15, 0.2) is 0 Å². The maximum atomic E-state index is 14.6. The number of guanidine groups is 1. The van der Waals surface area contributed by atoms with Gasteiger partial charge in [0.05, 0.1) is 10.6 Å². The van der Waals surface area contributed by atoms with E-state index in [1.54, 1.807) is 0 Å². The number of nitrogens with two attached hydrogens (primary N) is 1. The van der Waals surface area contributed by atoms with Crippen LogP contribution in [-0.4, -0.2) is 39.9 Å². The van der Waals surface area contributed by atoms with Crippen molar-refractivity contribution in [3.05, 3.63) is 58.9 Å². The molecule has 0 aliphatic carbocycles. The molecule has 0 amide bonds. The second-order valence-corrected chi connectivity index (χ2v) is 10.8. The highest BCUT2D eigenvalue weighted by Gasteiger charge is 2.41. The van der Waals surface area contributed by atoms with Gasteiger partial charge in [-0.2, -0.15) is 0 Å². The van der Waals surface area contributed by atoms with Gasteiger partial charge in [-0.05, 0) is 49.4 Å². The summed E-state index contributed by atoms with van der Waals surface area (Å²) >= 11 is 5.77. The highest BCUT2D eigenvalue weighted by atomic mass is 35.5. The SMILES string of the molecule is CN1C(N)=N[C@](C)(c2cc(NS(=O)(=O)c3ccc(Cl)cc3)ccc2F)CS1(=O)=O. The van der Waals surface area contributed by atoms with Crippen LogP contribution in [0, 0.1) is 5.82 Å². The third-order valence-electron chi connectivity index (χ3n) is 4.49. The molecular weight excluding hydrogens is 443 g/mol. The number of hydrogen-bond donors (Lipinski definition) is 2. The molecule has 8 nitrogen and oxygen atoms in total. The van der Waals surface area contributed by atoms with E-state index in [0.29, 0.717) is 5.02 Å². The van der Waals surface area contributed by atoms with Crippen LogP contribution in [0.5, 0.6) is 0 Å². The zero-order valence-electron chi connectivity index (χ0n) is 15.4. The normalized spacial score (nSPS) is 21.5. The van der Waals surface area contributed by atoms with Crippen molar-refractivity contribution in [2.75, 3.05) is 17.5 Å². The lowest BCUT2D eigenvalue weighted by Crippen LogP contribution is -2.50. The Morgan fingerprint density at radius 3 is 2.45 bits per heavy atom. The van der Waals surface area contributed by atoms with Crippen LogP contribution in [-0.2, 0) is 25.6 Å². The van der Waals surface area contributed by atoms with Crippen LogP contribution in [0.3, 0.4) is 0 Å². The summed E-state index contributed by atoms with van der Waals surface area (Å²) in [6, 6.07) is 8.97. The number of anilines is 1. The van der Waals surface area contributed by atoms with E-state index in [1.165, 1.54) is 50.4 Å². The summed E-state index contributed by atoms with van der Waals surface area (Å²) in [5, 5.41) is 0.375. The zero-order chi connectivity index (χ0) is 21.6. The monoisotopic (exact) mass is 460 g/mol. The van der Waals surface area contributed by atoms with Crippen LogP contribution in [0.4, 0.5) is 10.1 Å². The van der Waals surface area contributed by atoms with E-state index in [0.717, 1.165) is 10.4 Å². The first kappa shape index (κ1) is 21.3. The fourth-order valence-electron chi connectivity index (χ4n) is 2.92. The van der Waals surface area contributed by atoms with Crippen LogP contribution in [0.2, 0.25) is 5.02 Å². The number of hydrogen-bond acceptors (Lipinski definition) is 6. The molecule has 3 rings (SSSR count). The Balaban J connectivity index is 2.02. The summed E-state index contributed by atoms with van der Waals surface area (Å²) in [6.45, 7) is 1.42. The van der Waals surface area contributed by atoms with Gasteiger partial charge in [-0.3, -0.25) is 4.72 Å². The minimum atomic E-state index is -3.97. The van der Waals surface area contributed by atoms with Crippen molar-refractivity contribution in [2.45, 2.75) is 17.4 Å². The predicted molar refractivity (Wildman–Crippen MR) is 109 cm³/mol. The average molecular weight is 461 g/mol. The van der Waals surface area contributed by atoms with Gasteiger partial charge in [-0.15, -0.1) is 0 Å². The Kier molecular flexibility index (Phi) is 5.26. The summed E-state index contributed by atoms with van der Waals surface area (Å²) in [5.74, 6) is -1.55. The maximum Gasteiger partial charge on any atom is 0.261 e. The number of halogens is 2. The quantitative estimate of drug-likeness (QED) is 0.723. The van der Waals surface area contributed by atoms with Gasteiger partial charge in [-0.1, -0.05) is 11.6 Å². The Labute approximate surface area is 173 Å². The number of benzene rings is 2. The molecule has 0 unspecified atom stereocenters.